The largest absolute Gasteiger partial charge is 0.452 e. The van der Waals surface area contributed by atoms with Crippen molar-refractivity contribution in [3.05, 3.63) is 104 Å². The summed E-state index contributed by atoms with van der Waals surface area (Å²) in [4.78, 5) is 25.7. The van der Waals surface area contributed by atoms with Crippen LogP contribution in [0.5, 0.6) is 5.75 Å². The predicted octanol–water partition coefficient (Wildman–Crippen LogP) is 6.69. The molecule has 4 rings (SSSR count). The van der Waals surface area contributed by atoms with E-state index in [9.17, 15) is 9.59 Å². The number of ether oxygens (including phenoxy) is 1. The van der Waals surface area contributed by atoms with E-state index < -0.39 is 11.4 Å². The number of carbonyl (C=O) groups excluding carboxylic acids is 1. The Balaban J connectivity index is 1.79. The molecular weight excluding hydrogens is 435 g/mol. The first-order valence-corrected chi connectivity index (χ1v) is 10.2. The number of esters is 1. The van der Waals surface area contributed by atoms with Crippen molar-refractivity contribution in [2.24, 2.45) is 0 Å². The number of fused-ring (bicyclic) bond motifs is 1. The van der Waals surface area contributed by atoms with Gasteiger partial charge in [0, 0.05) is 21.7 Å². The Morgan fingerprint density at radius 2 is 1.74 bits per heavy atom. The molecule has 0 aliphatic rings. The number of aryl methyl sites for hydroxylation is 1. The highest BCUT2D eigenvalue weighted by molar-refractivity contribution is 6.32. The summed E-state index contributed by atoms with van der Waals surface area (Å²) < 4.78 is 11.4. The molecule has 0 amide bonds. The quantitative estimate of drug-likeness (QED) is 0.256. The maximum atomic E-state index is 13.2. The van der Waals surface area contributed by atoms with Crippen LogP contribution in [0.1, 0.15) is 11.1 Å². The third-order valence-electron chi connectivity index (χ3n) is 4.62. The van der Waals surface area contributed by atoms with Crippen LogP contribution in [0.4, 0.5) is 0 Å². The first-order valence-electron chi connectivity index (χ1n) is 9.40. The van der Waals surface area contributed by atoms with Gasteiger partial charge in [-0.3, -0.25) is 4.79 Å². The number of rotatable bonds is 4. The number of hydrogen-bond acceptors (Lipinski definition) is 4. The fraction of sp³-hybridized carbons (Fsp3) is 0.0400. The molecule has 0 aliphatic heterocycles. The van der Waals surface area contributed by atoms with E-state index in [1.54, 1.807) is 60.7 Å². The van der Waals surface area contributed by atoms with E-state index in [1.807, 2.05) is 13.0 Å². The van der Waals surface area contributed by atoms with Gasteiger partial charge < -0.3 is 9.15 Å². The van der Waals surface area contributed by atoms with Crippen molar-refractivity contribution in [2.45, 2.75) is 6.92 Å². The van der Waals surface area contributed by atoms with Crippen LogP contribution in [0, 0.1) is 6.92 Å². The SMILES string of the molecule is Cc1ccc2oc(-c3ccc(Cl)cc3)c(OC(=O)/C=C/c3ccccc3Cl)c(=O)c2c1. The van der Waals surface area contributed by atoms with Gasteiger partial charge in [0.25, 0.3) is 0 Å². The summed E-state index contributed by atoms with van der Waals surface area (Å²) in [5.74, 6) is -0.763. The molecule has 3 aromatic carbocycles. The van der Waals surface area contributed by atoms with Crippen molar-refractivity contribution >= 4 is 46.2 Å². The van der Waals surface area contributed by atoms with E-state index in [0.29, 0.717) is 32.1 Å². The zero-order chi connectivity index (χ0) is 22.0. The Kier molecular flexibility index (Phi) is 5.94. The first kappa shape index (κ1) is 20.9. The second-order valence-corrected chi connectivity index (χ2v) is 7.72. The van der Waals surface area contributed by atoms with Gasteiger partial charge in [0.2, 0.25) is 11.2 Å². The van der Waals surface area contributed by atoms with Crippen LogP contribution < -0.4 is 10.2 Å². The minimum absolute atomic E-state index is 0.150. The number of hydrogen-bond donors (Lipinski definition) is 0. The van der Waals surface area contributed by atoms with Crippen LogP contribution in [-0.4, -0.2) is 5.97 Å². The topological polar surface area (TPSA) is 56.5 Å². The van der Waals surface area contributed by atoms with Crippen molar-refractivity contribution in [1.82, 2.24) is 0 Å². The maximum absolute atomic E-state index is 13.2. The molecule has 0 aliphatic carbocycles. The van der Waals surface area contributed by atoms with Gasteiger partial charge >= 0.3 is 5.97 Å². The summed E-state index contributed by atoms with van der Waals surface area (Å²) in [5, 5.41) is 1.36. The van der Waals surface area contributed by atoms with Crippen molar-refractivity contribution in [3.63, 3.8) is 0 Å². The Morgan fingerprint density at radius 3 is 2.48 bits per heavy atom. The molecule has 4 aromatic rings. The Hall–Kier alpha value is -3.34. The van der Waals surface area contributed by atoms with E-state index in [1.165, 1.54) is 12.2 Å². The second kappa shape index (κ2) is 8.80. The van der Waals surface area contributed by atoms with Crippen LogP contribution in [0.25, 0.3) is 28.4 Å². The molecule has 0 saturated carbocycles. The molecule has 1 aromatic heterocycles. The molecule has 0 saturated heterocycles. The molecule has 0 atom stereocenters. The predicted molar refractivity (Wildman–Crippen MR) is 124 cm³/mol. The zero-order valence-electron chi connectivity index (χ0n) is 16.4. The lowest BCUT2D eigenvalue weighted by Crippen LogP contribution is -2.14. The Bertz CT molecular complexity index is 1370. The van der Waals surface area contributed by atoms with Crippen LogP contribution in [-0.2, 0) is 4.79 Å². The number of halogens is 2. The van der Waals surface area contributed by atoms with Crippen LogP contribution >= 0.6 is 23.2 Å². The molecule has 0 spiro atoms. The minimum Gasteiger partial charge on any atom is -0.452 e. The molecule has 0 unspecified atom stereocenters. The number of benzene rings is 3. The maximum Gasteiger partial charge on any atom is 0.336 e. The van der Waals surface area contributed by atoms with Gasteiger partial charge in [-0.1, -0.05) is 53.0 Å². The summed E-state index contributed by atoms with van der Waals surface area (Å²) in [7, 11) is 0. The molecular formula is C25H16Cl2O4. The minimum atomic E-state index is -0.727. The molecule has 1 heterocycles. The Morgan fingerprint density at radius 1 is 1.00 bits per heavy atom. The van der Waals surface area contributed by atoms with E-state index in [0.717, 1.165) is 5.56 Å². The normalized spacial score (nSPS) is 11.2. The summed E-state index contributed by atoms with van der Waals surface area (Å²) in [6, 6.07) is 19.0. The van der Waals surface area contributed by atoms with Crippen LogP contribution in [0.3, 0.4) is 0 Å². The van der Waals surface area contributed by atoms with Gasteiger partial charge in [-0.2, -0.15) is 0 Å². The fourth-order valence-corrected chi connectivity index (χ4v) is 3.40. The highest BCUT2D eigenvalue weighted by Gasteiger charge is 2.20. The van der Waals surface area contributed by atoms with Crippen LogP contribution in [0.2, 0.25) is 10.0 Å². The lowest BCUT2D eigenvalue weighted by Gasteiger charge is -2.10. The zero-order valence-corrected chi connectivity index (χ0v) is 17.9. The smallest absolute Gasteiger partial charge is 0.336 e. The van der Waals surface area contributed by atoms with Crippen molar-refractivity contribution in [1.29, 1.82) is 0 Å². The molecule has 0 radical (unpaired) electrons. The second-order valence-electron chi connectivity index (χ2n) is 6.87. The summed E-state index contributed by atoms with van der Waals surface area (Å²) in [6.45, 7) is 1.87. The molecule has 4 nitrogen and oxygen atoms in total. The average molecular weight is 451 g/mol. The third-order valence-corrected chi connectivity index (χ3v) is 5.21. The van der Waals surface area contributed by atoms with Crippen LogP contribution in [0.15, 0.2) is 82.0 Å². The Labute approximate surface area is 188 Å². The summed E-state index contributed by atoms with van der Waals surface area (Å²) in [6.07, 6.45) is 2.74. The van der Waals surface area contributed by atoms with E-state index in [4.69, 9.17) is 32.4 Å². The van der Waals surface area contributed by atoms with Crippen molar-refractivity contribution in [2.75, 3.05) is 0 Å². The fourth-order valence-electron chi connectivity index (χ4n) is 3.08. The van der Waals surface area contributed by atoms with Crippen molar-refractivity contribution in [3.8, 4) is 17.1 Å². The third kappa shape index (κ3) is 4.55. The van der Waals surface area contributed by atoms with E-state index in [-0.39, 0.29) is 11.5 Å². The van der Waals surface area contributed by atoms with Gasteiger partial charge in [0.05, 0.1) is 5.39 Å². The molecule has 0 N–H and O–H groups in total. The van der Waals surface area contributed by atoms with E-state index in [2.05, 4.69) is 0 Å². The van der Waals surface area contributed by atoms with E-state index >= 15 is 0 Å². The molecule has 154 valence electrons. The summed E-state index contributed by atoms with van der Waals surface area (Å²) in [5.41, 5.74) is 2.05. The monoisotopic (exact) mass is 450 g/mol. The molecule has 0 fully saturated rings. The first-order chi connectivity index (χ1) is 14.9. The summed E-state index contributed by atoms with van der Waals surface area (Å²) >= 11 is 12.1. The highest BCUT2D eigenvalue weighted by Crippen LogP contribution is 2.32. The van der Waals surface area contributed by atoms with Gasteiger partial charge in [-0.15, -0.1) is 0 Å². The van der Waals surface area contributed by atoms with Gasteiger partial charge in [-0.25, -0.2) is 4.79 Å². The standard InChI is InChI=1S/C25H16Cl2O4/c1-15-6-12-21-19(14-15)23(29)25(24(30-21)17-7-10-18(26)11-8-17)31-22(28)13-9-16-4-2-3-5-20(16)27/h2-14H,1H3/b13-9+. The average Bonchev–Trinajstić information content (AvgIpc) is 2.76. The van der Waals surface area contributed by atoms with Crippen molar-refractivity contribution < 1.29 is 13.9 Å². The van der Waals surface area contributed by atoms with Gasteiger partial charge in [0.1, 0.15) is 5.58 Å². The van der Waals surface area contributed by atoms with Gasteiger partial charge in [0.15, 0.2) is 5.76 Å². The highest BCUT2D eigenvalue weighted by atomic mass is 35.5. The molecule has 6 heteroatoms. The lowest BCUT2D eigenvalue weighted by atomic mass is 10.1. The lowest BCUT2D eigenvalue weighted by molar-refractivity contribution is -0.129. The molecule has 31 heavy (non-hydrogen) atoms. The van der Waals surface area contributed by atoms with Gasteiger partial charge in [-0.05, 0) is 61.0 Å². The molecule has 0 bridgehead atoms. The number of carbonyl (C=O) groups is 1.